The molecule has 1 aliphatic rings. The van der Waals surface area contributed by atoms with Gasteiger partial charge in [0.05, 0.1) is 9.71 Å². The number of hydrogen-bond acceptors (Lipinski definition) is 3. The van der Waals surface area contributed by atoms with Crippen molar-refractivity contribution in [1.82, 2.24) is 10.2 Å². The molecule has 0 aliphatic heterocycles. The molecular weight excluding hydrogens is 428 g/mol. The molecule has 0 radical (unpaired) electrons. The van der Waals surface area contributed by atoms with Gasteiger partial charge in [0, 0.05) is 9.37 Å². The van der Waals surface area contributed by atoms with Crippen molar-refractivity contribution in [3.8, 4) is 11.1 Å². The molecule has 1 amide bonds. The third-order valence-corrected chi connectivity index (χ3v) is 7.30. The number of hydroxylamine groups is 1. The van der Waals surface area contributed by atoms with E-state index < -0.39 is 21.2 Å². The van der Waals surface area contributed by atoms with Gasteiger partial charge in [-0.2, -0.15) is 0 Å². The van der Waals surface area contributed by atoms with Crippen LogP contribution in [0, 0.1) is 0 Å². The van der Waals surface area contributed by atoms with Crippen LogP contribution in [0.3, 0.4) is 0 Å². The maximum absolute atomic E-state index is 13.3. The number of carbonyl (C=O) groups is 1. The molecule has 1 fully saturated rings. The molecule has 1 aliphatic carbocycles. The molecule has 2 aromatic carbocycles. The third kappa shape index (κ3) is 4.43. The van der Waals surface area contributed by atoms with Gasteiger partial charge in [0.15, 0.2) is 0 Å². The van der Waals surface area contributed by atoms with Crippen molar-refractivity contribution in [3.63, 3.8) is 0 Å². The standard InChI is InChI=1S/C20H23BrN2O3S/c1-27(26,23-20(19(24)22-25)13-3-2-4-14-20)18-11-7-16(8-12-18)15-5-9-17(21)10-6-15/h5-12,25H,1-4,13-14H2,(H,22,24)(H,23,26). The Balaban J connectivity index is 1.85. The molecule has 0 saturated heterocycles. The summed E-state index contributed by atoms with van der Waals surface area (Å²) < 4.78 is 17.3. The minimum absolute atomic E-state index is 0.517. The summed E-state index contributed by atoms with van der Waals surface area (Å²) in [6, 6.07) is 15.3. The van der Waals surface area contributed by atoms with Gasteiger partial charge in [-0.3, -0.25) is 10.0 Å². The van der Waals surface area contributed by atoms with E-state index in [0.29, 0.717) is 17.7 Å². The van der Waals surface area contributed by atoms with Gasteiger partial charge in [0.2, 0.25) is 0 Å². The summed E-state index contributed by atoms with van der Waals surface area (Å²) in [5.41, 5.74) is 2.72. The van der Waals surface area contributed by atoms with Gasteiger partial charge in [-0.25, -0.2) is 14.4 Å². The van der Waals surface area contributed by atoms with Crippen LogP contribution in [0.15, 0.2) is 57.9 Å². The second-order valence-electron chi connectivity index (χ2n) is 6.89. The minimum Gasteiger partial charge on any atom is -0.289 e. The van der Waals surface area contributed by atoms with E-state index in [1.165, 1.54) is 0 Å². The Bertz CT molecular complexity index is 903. The molecule has 1 atom stereocenters. The molecule has 0 aromatic heterocycles. The lowest BCUT2D eigenvalue weighted by molar-refractivity contribution is -0.136. The van der Waals surface area contributed by atoms with Gasteiger partial charge in [-0.15, -0.1) is 0 Å². The first kappa shape index (κ1) is 20.1. The van der Waals surface area contributed by atoms with Gasteiger partial charge < -0.3 is 0 Å². The fraction of sp³-hybridized carbons (Fsp3) is 0.300. The van der Waals surface area contributed by atoms with Crippen LogP contribution >= 0.6 is 15.9 Å². The lowest BCUT2D eigenvalue weighted by Gasteiger charge is -2.36. The second-order valence-corrected chi connectivity index (χ2v) is 9.83. The quantitative estimate of drug-likeness (QED) is 0.367. The Labute approximate surface area is 168 Å². The highest BCUT2D eigenvalue weighted by molar-refractivity contribution is 9.10. The fourth-order valence-corrected chi connectivity index (χ4v) is 5.41. The summed E-state index contributed by atoms with van der Waals surface area (Å²) in [4.78, 5) is 12.8. The molecule has 144 valence electrons. The second kappa shape index (κ2) is 8.14. The average molecular weight is 451 g/mol. The van der Waals surface area contributed by atoms with E-state index in [1.807, 2.05) is 36.4 Å². The average Bonchev–Trinajstić information content (AvgIpc) is 2.68. The van der Waals surface area contributed by atoms with Crippen molar-refractivity contribution < 1.29 is 14.2 Å². The fourth-order valence-electron chi connectivity index (χ4n) is 3.52. The van der Waals surface area contributed by atoms with Crippen molar-refractivity contribution >= 4 is 37.4 Å². The first-order valence-corrected chi connectivity index (χ1v) is 11.4. The molecule has 5 nitrogen and oxygen atoms in total. The van der Waals surface area contributed by atoms with Crippen LogP contribution in [-0.4, -0.2) is 26.7 Å². The highest BCUT2D eigenvalue weighted by Gasteiger charge is 2.41. The number of amides is 1. The lowest BCUT2D eigenvalue weighted by atomic mass is 9.82. The summed E-state index contributed by atoms with van der Waals surface area (Å²) in [6.45, 7) is 0. The van der Waals surface area contributed by atoms with Crippen LogP contribution in [0.4, 0.5) is 0 Å². The monoisotopic (exact) mass is 450 g/mol. The van der Waals surface area contributed by atoms with Crippen LogP contribution in [0.1, 0.15) is 32.1 Å². The maximum Gasteiger partial charge on any atom is 0.264 e. The van der Waals surface area contributed by atoms with Gasteiger partial charge >= 0.3 is 0 Å². The summed E-state index contributed by atoms with van der Waals surface area (Å²) in [5.74, 6) is 3.31. The van der Waals surface area contributed by atoms with E-state index in [0.717, 1.165) is 34.9 Å². The normalized spacial score (nSPS) is 18.4. The topological polar surface area (TPSA) is 78.4 Å². The van der Waals surface area contributed by atoms with Gasteiger partial charge in [0.1, 0.15) is 5.54 Å². The predicted molar refractivity (Wildman–Crippen MR) is 112 cm³/mol. The van der Waals surface area contributed by atoms with Crippen molar-refractivity contribution in [1.29, 1.82) is 0 Å². The van der Waals surface area contributed by atoms with Gasteiger partial charge in [0.25, 0.3) is 5.91 Å². The molecule has 0 spiro atoms. The number of nitrogens with one attached hydrogen (secondary N) is 2. The molecule has 0 bridgehead atoms. The summed E-state index contributed by atoms with van der Waals surface area (Å²) in [5, 5.41) is 9.15. The maximum atomic E-state index is 13.3. The Kier molecular flexibility index (Phi) is 6.05. The molecule has 3 N–H and O–H groups in total. The zero-order valence-corrected chi connectivity index (χ0v) is 17.3. The van der Waals surface area contributed by atoms with Crippen LogP contribution in [0.5, 0.6) is 0 Å². The number of halogens is 1. The molecular formula is C20H23BrN2O3S. The van der Waals surface area contributed by atoms with Gasteiger partial charge in [-0.1, -0.05) is 59.5 Å². The summed E-state index contributed by atoms with van der Waals surface area (Å²) in [7, 11) is -2.91. The first-order valence-electron chi connectivity index (χ1n) is 8.83. The van der Waals surface area contributed by atoms with E-state index >= 15 is 0 Å². The zero-order chi connectivity index (χ0) is 19.5. The highest BCUT2D eigenvalue weighted by Crippen LogP contribution is 2.31. The van der Waals surface area contributed by atoms with E-state index in [-0.39, 0.29) is 0 Å². The largest absolute Gasteiger partial charge is 0.289 e. The van der Waals surface area contributed by atoms with Crippen molar-refractivity contribution in [2.75, 3.05) is 0 Å². The predicted octanol–water partition coefficient (Wildman–Crippen LogP) is 3.90. The van der Waals surface area contributed by atoms with Gasteiger partial charge in [-0.05, 0) is 54.1 Å². The molecule has 1 unspecified atom stereocenters. The number of carbonyl (C=O) groups excluding carboxylic acids is 1. The van der Waals surface area contributed by atoms with Crippen LogP contribution in [-0.2, 0) is 14.5 Å². The highest BCUT2D eigenvalue weighted by atomic mass is 79.9. The Morgan fingerprint density at radius 1 is 1.00 bits per heavy atom. The Morgan fingerprint density at radius 3 is 2.04 bits per heavy atom. The van der Waals surface area contributed by atoms with Crippen LogP contribution in [0.25, 0.3) is 11.1 Å². The molecule has 1 saturated carbocycles. The van der Waals surface area contributed by atoms with E-state index in [2.05, 4.69) is 26.5 Å². The molecule has 0 heterocycles. The van der Waals surface area contributed by atoms with Crippen molar-refractivity contribution in [2.24, 2.45) is 0 Å². The first-order chi connectivity index (χ1) is 12.9. The van der Waals surface area contributed by atoms with Crippen molar-refractivity contribution in [2.45, 2.75) is 42.5 Å². The van der Waals surface area contributed by atoms with E-state index in [9.17, 15) is 9.00 Å². The molecule has 27 heavy (non-hydrogen) atoms. The molecule has 3 rings (SSSR count). The third-order valence-electron chi connectivity index (χ3n) is 5.02. The SMILES string of the molecule is C=S(=O)(NC1(C(=O)NO)CCCCC1)c1ccc(-c2ccc(Br)cc2)cc1. The van der Waals surface area contributed by atoms with Crippen molar-refractivity contribution in [3.05, 3.63) is 53.0 Å². The smallest absolute Gasteiger partial charge is 0.264 e. The zero-order valence-electron chi connectivity index (χ0n) is 14.9. The Hall–Kier alpha value is -1.67. The number of hydrogen-bond donors (Lipinski definition) is 3. The van der Waals surface area contributed by atoms with Crippen LogP contribution < -0.4 is 10.2 Å². The Morgan fingerprint density at radius 2 is 1.52 bits per heavy atom. The lowest BCUT2D eigenvalue weighted by Crippen LogP contribution is -2.59. The summed E-state index contributed by atoms with van der Waals surface area (Å²) in [6.07, 6.45) is 3.71. The van der Waals surface area contributed by atoms with E-state index in [1.54, 1.807) is 17.6 Å². The molecule has 7 heteroatoms. The summed E-state index contributed by atoms with van der Waals surface area (Å²) >= 11 is 3.42. The number of benzene rings is 2. The minimum atomic E-state index is -2.91. The van der Waals surface area contributed by atoms with E-state index in [4.69, 9.17) is 5.21 Å². The van der Waals surface area contributed by atoms with Crippen LogP contribution in [0.2, 0.25) is 0 Å². The number of rotatable bonds is 5. The molecule has 2 aromatic rings.